The molecule has 152 valence electrons. The Kier molecular flexibility index (Phi) is 4.53. The molecule has 2 aromatic heterocycles. The highest BCUT2D eigenvalue weighted by atomic mass is 35.5. The Balaban J connectivity index is 1.54. The van der Waals surface area contributed by atoms with Crippen molar-refractivity contribution >= 4 is 34.5 Å². The molecule has 0 saturated carbocycles. The highest BCUT2D eigenvalue weighted by Gasteiger charge is 2.26. The Morgan fingerprint density at radius 3 is 3.00 bits per heavy atom. The van der Waals surface area contributed by atoms with Crippen molar-refractivity contribution in [2.75, 3.05) is 37.0 Å². The van der Waals surface area contributed by atoms with Gasteiger partial charge in [0.05, 0.1) is 41.2 Å². The molecule has 5 rings (SSSR count). The van der Waals surface area contributed by atoms with Crippen LogP contribution in [0.3, 0.4) is 0 Å². The number of ether oxygens (including phenoxy) is 1. The predicted octanol–water partition coefficient (Wildman–Crippen LogP) is 2.30. The zero-order chi connectivity index (χ0) is 20.1. The lowest BCUT2D eigenvalue weighted by Crippen LogP contribution is -2.42. The van der Waals surface area contributed by atoms with Crippen LogP contribution in [-0.4, -0.2) is 63.6 Å². The third-order valence-electron chi connectivity index (χ3n) is 5.45. The number of anilines is 2. The highest BCUT2D eigenvalue weighted by molar-refractivity contribution is 6.33. The molecule has 0 spiro atoms. The van der Waals surface area contributed by atoms with E-state index in [0.29, 0.717) is 46.3 Å². The minimum absolute atomic E-state index is 0.217. The van der Waals surface area contributed by atoms with Crippen LogP contribution in [0.5, 0.6) is 0 Å². The number of aliphatic hydroxyl groups is 1. The maximum absolute atomic E-state index is 14.8. The first-order valence-corrected chi connectivity index (χ1v) is 9.85. The van der Waals surface area contributed by atoms with Gasteiger partial charge in [-0.25, -0.2) is 19.3 Å². The maximum atomic E-state index is 14.8. The van der Waals surface area contributed by atoms with Crippen molar-refractivity contribution in [3.05, 3.63) is 29.2 Å². The number of aromatic nitrogens is 4. The Bertz CT molecular complexity index is 1090. The number of rotatable bonds is 3. The van der Waals surface area contributed by atoms with Crippen LogP contribution in [-0.2, 0) is 11.3 Å². The molecule has 0 aliphatic carbocycles. The first kappa shape index (κ1) is 18.5. The van der Waals surface area contributed by atoms with Crippen molar-refractivity contribution in [2.24, 2.45) is 0 Å². The smallest absolute Gasteiger partial charge is 0.223 e. The van der Waals surface area contributed by atoms with Gasteiger partial charge in [0, 0.05) is 32.3 Å². The van der Waals surface area contributed by atoms with E-state index in [1.165, 1.54) is 12.3 Å². The molecule has 10 heteroatoms. The molecule has 1 fully saturated rings. The molecule has 2 aliphatic rings. The zero-order valence-electron chi connectivity index (χ0n) is 15.8. The largest absolute Gasteiger partial charge is 0.389 e. The fourth-order valence-electron chi connectivity index (χ4n) is 3.86. The Labute approximate surface area is 171 Å². The highest BCUT2D eigenvalue weighted by Crippen LogP contribution is 2.34. The summed E-state index contributed by atoms with van der Waals surface area (Å²) >= 11 is 6.34. The second-order valence-electron chi connectivity index (χ2n) is 7.38. The van der Waals surface area contributed by atoms with Gasteiger partial charge in [0.15, 0.2) is 5.82 Å². The number of hydrogen-bond acceptors (Lipinski definition) is 7. The summed E-state index contributed by atoms with van der Waals surface area (Å²) in [5.74, 6) is 0.659. The molecule has 1 saturated heterocycles. The van der Waals surface area contributed by atoms with E-state index in [-0.39, 0.29) is 12.6 Å². The number of imidazole rings is 1. The van der Waals surface area contributed by atoms with E-state index in [9.17, 15) is 9.50 Å². The van der Waals surface area contributed by atoms with Crippen molar-refractivity contribution < 1.29 is 14.2 Å². The predicted molar refractivity (Wildman–Crippen MR) is 108 cm³/mol. The number of nitrogens with zero attached hydrogens (tertiary/aromatic N) is 5. The van der Waals surface area contributed by atoms with Crippen molar-refractivity contribution in [2.45, 2.75) is 25.1 Å². The molecule has 0 amide bonds. The van der Waals surface area contributed by atoms with Crippen molar-refractivity contribution in [1.82, 2.24) is 19.5 Å². The molecule has 3 aromatic rings. The molecule has 4 heterocycles. The summed E-state index contributed by atoms with van der Waals surface area (Å²) in [7, 11) is 1.94. The van der Waals surface area contributed by atoms with Gasteiger partial charge in [0.2, 0.25) is 11.9 Å². The fraction of sp³-hybridized carbons (Fsp3) is 0.421. The van der Waals surface area contributed by atoms with Gasteiger partial charge >= 0.3 is 0 Å². The number of benzene rings is 1. The summed E-state index contributed by atoms with van der Waals surface area (Å²) < 4.78 is 22.1. The van der Waals surface area contributed by atoms with Crippen LogP contribution in [0.15, 0.2) is 18.3 Å². The minimum Gasteiger partial charge on any atom is -0.389 e. The standard InChI is InChI=1S/C19H20ClFN6O2/c1-26-3-4-27-14-7-10(6-12(21)17(14)25-19(26)27)16-11(20)8-22-18(24-16)23-13-2-5-29-9-15(13)28/h6-8,13,15,28H,2-5,9H2,1H3,(H,22,23,24)/t13-,15-/m1/s1. The lowest BCUT2D eigenvalue weighted by molar-refractivity contribution is -0.0136. The molecule has 1 aromatic carbocycles. The van der Waals surface area contributed by atoms with Crippen molar-refractivity contribution in [3.8, 4) is 11.3 Å². The van der Waals surface area contributed by atoms with Crippen LogP contribution in [0.2, 0.25) is 5.02 Å². The number of aliphatic hydroxyl groups excluding tert-OH is 1. The monoisotopic (exact) mass is 418 g/mol. The third kappa shape index (κ3) is 3.19. The Morgan fingerprint density at radius 2 is 2.17 bits per heavy atom. The van der Waals surface area contributed by atoms with Crippen LogP contribution >= 0.6 is 11.6 Å². The molecule has 8 nitrogen and oxygen atoms in total. The van der Waals surface area contributed by atoms with Crippen LogP contribution < -0.4 is 10.2 Å². The van der Waals surface area contributed by atoms with Crippen LogP contribution in [0, 0.1) is 5.82 Å². The van der Waals surface area contributed by atoms with E-state index in [0.717, 1.165) is 19.0 Å². The SMILES string of the molecule is CN1CCn2c1nc1c(F)cc(-c3nc(N[C@@H]4CCOC[C@H]4O)ncc3Cl)cc12. The molecule has 29 heavy (non-hydrogen) atoms. The average molecular weight is 419 g/mol. The van der Waals surface area contributed by atoms with Gasteiger partial charge in [0.25, 0.3) is 0 Å². The van der Waals surface area contributed by atoms with Crippen molar-refractivity contribution in [1.29, 1.82) is 0 Å². The van der Waals surface area contributed by atoms with Gasteiger partial charge in [-0.1, -0.05) is 11.6 Å². The fourth-order valence-corrected chi connectivity index (χ4v) is 4.06. The number of halogens is 2. The summed E-state index contributed by atoms with van der Waals surface area (Å²) in [5, 5.41) is 13.5. The molecule has 2 atom stereocenters. The van der Waals surface area contributed by atoms with Crippen molar-refractivity contribution in [3.63, 3.8) is 0 Å². The summed E-state index contributed by atoms with van der Waals surface area (Å²) in [4.78, 5) is 15.1. The van der Waals surface area contributed by atoms with Gasteiger partial charge < -0.3 is 24.6 Å². The summed E-state index contributed by atoms with van der Waals surface area (Å²) in [6.45, 7) is 2.40. The van der Waals surface area contributed by atoms with Gasteiger partial charge in [0.1, 0.15) is 5.52 Å². The second kappa shape index (κ2) is 7.08. The van der Waals surface area contributed by atoms with E-state index < -0.39 is 11.9 Å². The number of fused-ring (bicyclic) bond motifs is 3. The van der Waals surface area contributed by atoms with E-state index >= 15 is 0 Å². The maximum Gasteiger partial charge on any atom is 0.223 e. The number of likely N-dealkylation sites (N-methyl/N-ethyl adjacent to an activating group) is 1. The molecule has 2 aliphatic heterocycles. The molecule has 0 bridgehead atoms. The van der Waals surface area contributed by atoms with Crippen LogP contribution in [0.1, 0.15) is 6.42 Å². The van der Waals surface area contributed by atoms with Gasteiger partial charge in [-0.2, -0.15) is 0 Å². The van der Waals surface area contributed by atoms with Crippen LogP contribution in [0.4, 0.5) is 16.3 Å². The average Bonchev–Trinajstić information content (AvgIpc) is 3.25. The van der Waals surface area contributed by atoms with E-state index in [4.69, 9.17) is 16.3 Å². The van der Waals surface area contributed by atoms with E-state index in [2.05, 4.69) is 20.3 Å². The van der Waals surface area contributed by atoms with E-state index in [1.54, 1.807) is 0 Å². The topological polar surface area (TPSA) is 88.3 Å². The quantitative estimate of drug-likeness (QED) is 0.674. The van der Waals surface area contributed by atoms with E-state index in [1.807, 2.05) is 22.6 Å². The van der Waals surface area contributed by atoms with Gasteiger partial charge in [-0.05, 0) is 18.6 Å². The Hall–Kier alpha value is -2.49. The number of nitrogens with one attached hydrogen (secondary N) is 1. The molecular weight excluding hydrogens is 399 g/mol. The molecule has 0 unspecified atom stereocenters. The zero-order valence-corrected chi connectivity index (χ0v) is 16.5. The molecule has 2 N–H and O–H groups in total. The van der Waals surface area contributed by atoms with Crippen LogP contribution in [0.25, 0.3) is 22.3 Å². The second-order valence-corrected chi connectivity index (χ2v) is 7.79. The first-order chi connectivity index (χ1) is 14.0. The first-order valence-electron chi connectivity index (χ1n) is 9.47. The van der Waals surface area contributed by atoms with Gasteiger partial charge in [-0.15, -0.1) is 0 Å². The minimum atomic E-state index is -0.647. The lowest BCUT2D eigenvalue weighted by atomic mass is 10.1. The third-order valence-corrected chi connectivity index (χ3v) is 5.72. The normalized spacial score (nSPS) is 21.6. The molecule has 0 radical (unpaired) electrons. The summed E-state index contributed by atoms with van der Waals surface area (Å²) in [6.07, 6.45) is 1.47. The van der Waals surface area contributed by atoms with Gasteiger partial charge in [-0.3, -0.25) is 0 Å². The summed E-state index contributed by atoms with van der Waals surface area (Å²) in [5.41, 5.74) is 2.02. The lowest BCUT2D eigenvalue weighted by Gasteiger charge is -2.28. The molecular formula is C19H20ClFN6O2. The Morgan fingerprint density at radius 1 is 1.31 bits per heavy atom. The summed E-state index contributed by atoms with van der Waals surface area (Å²) in [6, 6.07) is 3.03. The number of hydrogen-bond donors (Lipinski definition) is 2.